The summed E-state index contributed by atoms with van der Waals surface area (Å²) in [5.74, 6) is 0. The normalized spacial score (nSPS) is 11.9. The maximum absolute atomic E-state index is 5.17. The quantitative estimate of drug-likeness (QED) is 0.710. The van der Waals surface area contributed by atoms with Crippen molar-refractivity contribution in [3.05, 3.63) is 27.2 Å². The monoisotopic (exact) mass is 302 g/mol. The molecule has 0 radical (unpaired) electrons. The van der Waals surface area contributed by atoms with Crippen LogP contribution in [0.5, 0.6) is 0 Å². The van der Waals surface area contributed by atoms with Crippen molar-refractivity contribution in [1.29, 1.82) is 0 Å². The van der Waals surface area contributed by atoms with Gasteiger partial charge in [-0.15, -0.1) is 0 Å². The summed E-state index contributed by atoms with van der Waals surface area (Å²) < 4.78 is 6.37. The van der Waals surface area contributed by atoms with Gasteiger partial charge in [-0.3, -0.25) is 0 Å². The molecule has 0 aliphatic rings. The fourth-order valence-corrected chi connectivity index (χ4v) is 3.32. The van der Waals surface area contributed by atoms with Crippen molar-refractivity contribution in [1.82, 2.24) is 0 Å². The van der Waals surface area contributed by atoms with Crippen molar-refractivity contribution in [2.75, 3.05) is 7.11 Å². The molecule has 90 valence electrons. The summed E-state index contributed by atoms with van der Waals surface area (Å²) in [6.07, 6.45) is 0. The van der Waals surface area contributed by atoms with E-state index in [2.05, 4.69) is 56.6 Å². The van der Waals surface area contributed by atoms with E-state index in [4.69, 9.17) is 4.18 Å². The number of rotatable bonds is 2. The molecule has 1 aromatic rings. The Hall–Kier alpha value is 0.01000. The van der Waals surface area contributed by atoms with Gasteiger partial charge in [0.25, 0.3) is 0 Å². The Morgan fingerprint density at radius 3 is 2.25 bits per heavy atom. The molecule has 0 spiro atoms. The van der Waals surface area contributed by atoms with E-state index in [0.29, 0.717) is 0 Å². The highest BCUT2D eigenvalue weighted by atomic mass is 79.9. The van der Waals surface area contributed by atoms with Crippen LogP contribution in [0.1, 0.15) is 37.5 Å². The van der Waals surface area contributed by atoms with Crippen molar-refractivity contribution in [3.8, 4) is 0 Å². The minimum Gasteiger partial charge on any atom is -0.314 e. The number of benzene rings is 1. The molecule has 0 amide bonds. The number of halogens is 1. The van der Waals surface area contributed by atoms with Crippen molar-refractivity contribution in [2.24, 2.45) is 0 Å². The van der Waals surface area contributed by atoms with Gasteiger partial charge in [-0.2, -0.15) is 0 Å². The largest absolute Gasteiger partial charge is 0.314 e. The number of aryl methyl sites for hydroxylation is 1. The van der Waals surface area contributed by atoms with Crippen molar-refractivity contribution >= 4 is 28.0 Å². The highest BCUT2D eigenvalue weighted by Gasteiger charge is 2.21. The Labute approximate surface area is 111 Å². The lowest BCUT2D eigenvalue weighted by molar-refractivity contribution is 0.489. The van der Waals surface area contributed by atoms with Crippen molar-refractivity contribution in [2.45, 2.75) is 44.9 Å². The molecule has 0 atom stereocenters. The molecule has 1 aromatic carbocycles. The predicted molar refractivity (Wildman–Crippen MR) is 75.2 cm³/mol. The van der Waals surface area contributed by atoms with E-state index >= 15 is 0 Å². The highest BCUT2D eigenvalue weighted by molar-refractivity contribution is 9.10. The van der Waals surface area contributed by atoms with Crippen LogP contribution in [0.2, 0.25) is 0 Å². The third-order valence-electron chi connectivity index (χ3n) is 2.60. The molecule has 0 aromatic heterocycles. The summed E-state index contributed by atoms with van der Waals surface area (Å²) in [4.78, 5) is 1.21. The summed E-state index contributed by atoms with van der Waals surface area (Å²) >= 11 is 5.13. The van der Waals surface area contributed by atoms with E-state index in [1.165, 1.54) is 38.1 Å². The summed E-state index contributed by atoms with van der Waals surface area (Å²) in [6.45, 7) is 11.0. The van der Waals surface area contributed by atoms with Gasteiger partial charge in [0.2, 0.25) is 0 Å². The van der Waals surface area contributed by atoms with Gasteiger partial charge in [0.1, 0.15) is 0 Å². The Kier molecular flexibility index (Phi) is 4.49. The fraction of sp³-hybridized carbons (Fsp3) is 0.538. The van der Waals surface area contributed by atoms with Gasteiger partial charge in [-0.25, -0.2) is 0 Å². The Morgan fingerprint density at radius 1 is 1.25 bits per heavy atom. The van der Waals surface area contributed by atoms with Crippen LogP contribution in [-0.2, 0) is 9.60 Å². The molecule has 3 heteroatoms. The van der Waals surface area contributed by atoms with Gasteiger partial charge >= 0.3 is 0 Å². The van der Waals surface area contributed by atoms with E-state index < -0.39 is 0 Å². The van der Waals surface area contributed by atoms with E-state index in [-0.39, 0.29) is 5.41 Å². The molecule has 1 nitrogen and oxygen atoms in total. The van der Waals surface area contributed by atoms with Gasteiger partial charge in [0.15, 0.2) is 0 Å². The Balaban J connectivity index is 3.39. The molecular formula is C13H19BrOS. The fourth-order valence-electron chi connectivity index (χ4n) is 1.70. The van der Waals surface area contributed by atoms with Gasteiger partial charge < -0.3 is 4.18 Å². The third-order valence-corrected chi connectivity index (χ3v) is 4.58. The molecule has 16 heavy (non-hydrogen) atoms. The van der Waals surface area contributed by atoms with Crippen molar-refractivity contribution < 1.29 is 4.18 Å². The molecule has 0 N–H and O–H groups in total. The molecule has 0 heterocycles. The second-order valence-corrected chi connectivity index (χ2v) is 6.71. The zero-order valence-electron chi connectivity index (χ0n) is 10.8. The summed E-state index contributed by atoms with van der Waals surface area (Å²) in [6, 6.07) is 2.25. The zero-order chi connectivity index (χ0) is 12.5. The lowest BCUT2D eigenvalue weighted by Gasteiger charge is -2.24. The minimum atomic E-state index is 0.157. The van der Waals surface area contributed by atoms with Crippen molar-refractivity contribution in [3.63, 3.8) is 0 Å². The van der Waals surface area contributed by atoms with E-state index in [1.807, 2.05) is 0 Å². The Bertz CT molecular complexity index is 394. The Morgan fingerprint density at radius 2 is 1.81 bits per heavy atom. The second-order valence-electron chi connectivity index (χ2n) is 5.01. The van der Waals surface area contributed by atoms with E-state index in [1.54, 1.807) is 7.11 Å². The highest BCUT2D eigenvalue weighted by Crippen LogP contribution is 2.38. The molecule has 0 bridgehead atoms. The topological polar surface area (TPSA) is 9.23 Å². The SMILES string of the molecule is COSc1c(C)cc(C(C)(C)C)c(Br)c1C. The average Bonchev–Trinajstić information content (AvgIpc) is 2.16. The van der Waals surface area contributed by atoms with Crippen LogP contribution in [0.4, 0.5) is 0 Å². The first-order valence-corrected chi connectivity index (χ1v) is 6.83. The lowest BCUT2D eigenvalue weighted by Crippen LogP contribution is -2.13. The summed E-state index contributed by atoms with van der Waals surface area (Å²) in [7, 11) is 1.70. The molecule has 1 rings (SSSR count). The van der Waals surface area contributed by atoms with Crippen LogP contribution in [0.3, 0.4) is 0 Å². The first kappa shape index (κ1) is 14.1. The first-order valence-electron chi connectivity index (χ1n) is 5.30. The molecule has 0 aliphatic heterocycles. The van der Waals surface area contributed by atoms with Crippen LogP contribution < -0.4 is 0 Å². The van der Waals surface area contributed by atoms with Crippen LogP contribution in [0.25, 0.3) is 0 Å². The lowest BCUT2D eigenvalue weighted by atomic mass is 9.85. The molecular weight excluding hydrogens is 284 g/mol. The standard InChI is InChI=1S/C13H19BrOS/c1-8-7-10(13(3,4)5)11(14)9(2)12(8)16-15-6/h7H,1-6H3. The maximum Gasteiger partial charge on any atom is 0.0508 e. The molecule has 0 saturated heterocycles. The van der Waals surface area contributed by atoms with E-state index in [9.17, 15) is 0 Å². The molecule has 0 unspecified atom stereocenters. The maximum atomic E-state index is 5.17. The molecule has 0 aliphatic carbocycles. The molecule has 0 fully saturated rings. The average molecular weight is 303 g/mol. The van der Waals surface area contributed by atoms with Crippen LogP contribution >= 0.6 is 28.0 Å². The smallest absolute Gasteiger partial charge is 0.0508 e. The van der Waals surface area contributed by atoms with Gasteiger partial charge in [-0.05, 0) is 36.0 Å². The van der Waals surface area contributed by atoms with Gasteiger partial charge in [-0.1, -0.05) is 42.8 Å². The summed E-state index contributed by atoms with van der Waals surface area (Å²) in [5, 5.41) is 0. The summed E-state index contributed by atoms with van der Waals surface area (Å²) in [5.41, 5.74) is 4.04. The van der Waals surface area contributed by atoms with Crippen LogP contribution in [0.15, 0.2) is 15.4 Å². The predicted octanol–water partition coefficient (Wildman–Crippen LogP) is 5.02. The molecule has 0 saturated carbocycles. The van der Waals surface area contributed by atoms with E-state index in [0.717, 1.165) is 0 Å². The third kappa shape index (κ3) is 2.82. The second kappa shape index (κ2) is 5.11. The van der Waals surface area contributed by atoms with Gasteiger partial charge in [0, 0.05) is 21.4 Å². The first-order chi connectivity index (χ1) is 7.29. The number of hydrogen-bond donors (Lipinski definition) is 0. The van der Waals surface area contributed by atoms with Gasteiger partial charge in [0.05, 0.1) is 7.11 Å². The van der Waals surface area contributed by atoms with Crippen LogP contribution in [-0.4, -0.2) is 7.11 Å². The number of hydrogen-bond acceptors (Lipinski definition) is 2. The van der Waals surface area contributed by atoms with Crippen LogP contribution in [0, 0.1) is 13.8 Å². The zero-order valence-corrected chi connectivity index (χ0v) is 13.2. The minimum absolute atomic E-state index is 0.157.